The lowest BCUT2D eigenvalue weighted by atomic mass is 9.97. The summed E-state index contributed by atoms with van der Waals surface area (Å²) in [5.74, 6) is 7.23. The van der Waals surface area contributed by atoms with E-state index in [1.165, 1.54) is 12.8 Å². The Balaban J connectivity index is 2.15. The van der Waals surface area contributed by atoms with E-state index in [1.54, 1.807) is 7.11 Å². The highest BCUT2D eigenvalue weighted by Crippen LogP contribution is 2.41. The molecule has 0 heterocycles. The normalized spacial score (nSPS) is 17.5. The van der Waals surface area contributed by atoms with Gasteiger partial charge in [-0.3, -0.25) is 11.3 Å². The van der Waals surface area contributed by atoms with Gasteiger partial charge >= 0.3 is 0 Å². The number of nitrogens with one attached hydrogen (secondary N) is 1. The first kappa shape index (κ1) is 16.2. The van der Waals surface area contributed by atoms with E-state index in [1.807, 2.05) is 31.2 Å². The van der Waals surface area contributed by atoms with Crippen molar-refractivity contribution in [2.45, 2.75) is 31.9 Å². The van der Waals surface area contributed by atoms with Gasteiger partial charge in [0.1, 0.15) is 12.4 Å². The van der Waals surface area contributed by atoms with Gasteiger partial charge in [-0.25, -0.2) is 0 Å². The molecule has 5 nitrogen and oxygen atoms in total. The van der Waals surface area contributed by atoms with Gasteiger partial charge in [0, 0.05) is 19.3 Å². The molecule has 1 aliphatic rings. The molecule has 0 radical (unpaired) electrons. The molecule has 118 valence electrons. The summed E-state index contributed by atoms with van der Waals surface area (Å²) in [6.45, 7) is 3.79. The highest BCUT2D eigenvalue weighted by molar-refractivity contribution is 5.37. The highest BCUT2D eigenvalue weighted by Gasteiger charge is 2.38. The smallest absolute Gasteiger partial charge is 0.124 e. The molecule has 0 bridgehead atoms. The van der Waals surface area contributed by atoms with Crippen LogP contribution in [-0.4, -0.2) is 33.0 Å². The van der Waals surface area contributed by atoms with Crippen LogP contribution in [0.25, 0.3) is 0 Å². The number of nitrogens with two attached hydrogens (primary N) is 1. The quantitative estimate of drug-likeness (QED) is 0.393. The number of hydrazine groups is 1. The first-order valence-electron chi connectivity index (χ1n) is 7.60. The number of hydrogen-bond donors (Lipinski definition) is 2. The molecule has 5 heteroatoms. The SMILES string of the molecule is CCOC(C1CC1)C(NN)c1ccccc1OCCOC. The topological polar surface area (TPSA) is 65.7 Å². The van der Waals surface area contributed by atoms with Crippen LogP contribution in [0, 0.1) is 5.92 Å². The van der Waals surface area contributed by atoms with Gasteiger partial charge in [-0.2, -0.15) is 0 Å². The van der Waals surface area contributed by atoms with Gasteiger partial charge in [0.05, 0.1) is 18.8 Å². The lowest BCUT2D eigenvalue weighted by molar-refractivity contribution is 0.0177. The van der Waals surface area contributed by atoms with Crippen molar-refractivity contribution in [2.75, 3.05) is 26.9 Å². The zero-order valence-electron chi connectivity index (χ0n) is 12.9. The molecule has 2 unspecified atom stereocenters. The molecule has 1 aromatic carbocycles. The molecule has 0 amide bonds. The average molecular weight is 294 g/mol. The van der Waals surface area contributed by atoms with E-state index in [-0.39, 0.29) is 12.1 Å². The Hall–Kier alpha value is -1.14. The minimum atomic E-state index is -0.0591. The number of benzene rings is 1. The number of hydrogen-bond acceptors (Lipinski definition) is 5. The second-order valence-corrected chi connectivity index (χ2v) is 5.28. The Labute approximate surface area is 126 Å². The predicted octanol–water partition coefficient (Wildman–Crippen LogP) is 2.03. The van der Waals surface area contributed by atoms with Crippen LogP contribution in [0.4, 0.5) is 0 Å². The van der Waals surface area contributed by atoms with Crippen LogP contribution in [0.1, 0.15) is 31.4 Å². The molecule has 1 saturated carbocycles. The maximum Gasteiger partial charge on any atom is 0.124 e. The number of rotatable bonds is 10. The summed E-state index contributed by atoms with van der Waals surface area (Å²) in [5, 5.41) is 0. The van der Waals surface area contributed by atoms with Crippen LogP contribution in [-0.2, 0) is 9.47 Å². The van der Waals surface area contributed by atoms with Crippen molar-refractivity contribution in [3.05, 3.63) is 29.8 Å². The van der Waals surface area contributed by atoms with Gasteiger partial charge in [0.15, 0.2) is 0 Å². The second kappa shape index (κ2) is 8.34. The summed E-state index contributed by atoms with van der Waals surface area (Å²) >= 11 is 0. The fourth-order valence-electron chi connectivity index (χ4n) is 2.59. The maximum atomic E-state index is 5.93. The van der Waals surface area contributed by atoms with Crippen LogP contribution < -0.4 is 16.0 Å². The summed E-state index contributed by atoms with van der Waals surface area (Å²) < 4.78 is 16.8. The Morgan fingerprint density at radius 2 is 2.05 bits per heavy atom. The van der Waals surface area contributed by atoms with Crippen LogP contribution >= 0.6 is 0 Å². The predicted molar refractivity (Wildman–Crippen MR) is 82.0 cm³/mol. The molecular formula is C16H26N2O3. The van der Waals surface area contributed by atoms with Crippen molar-refractivity contribution >= 4 is 0 Å². The van der Waals surface area contributed by atoms with Gasteiger partial charge < -0.3 is 14.2 Å². The molecule has 2 atom stereocenters. The molecular weight excluding hydrogens is 268 g/mol. The van der Waals surface area contributed by atoms with E-state index in [0.717, 1.165) is 11.3 Å². The van der Waals surface area contributed by atoms with E-state index in [4.69, 9.17) is 20.1 Å². The number of para-hydroxylation sites is 1. The highest BCUT2D eigenvalue weighted by atomic mass is 16.5. The van der Waals surface area contributed by atoms with Gasteiger partial charge in [-0.1, -0.05) is 18.2 Å². The van der Waals surface area contributed by atoms with Crippen LogP contribution in [0.2, 0.25) is 0 Å². The van der Waals surface area contributed by atoms with Gasteiger partial charge in [0.2, 0.25) is 0 Å². The Morgan fingerprint density at radius 3 is 2.67 bits per heavy atom. The minimum Gasteiger partial charge on any atom is -0.491 e. The third kappa shape index (κ3) is 4.41. The zero-order valence-corrected chi connectivity index (χ0v) is 12.9. The fraction of sp³-hybridized carbons (Fsp3) is 0.625. The van der Waals surface area contributed by atoms with Crippen molar-refractivity contribution in [1.29, 1.82) is 0 Å². The lowest BCUT2D eigenvalue weighted by Gasteiger charge is -2.28. The molecule has 21 heavy (non-hydrogen) atoms. The summed E-state index contributed by atoms with van der Waals surface area (Å²) in [7, 11) is 1.66. The molecule has 0 spiro atoms. The number of methoxy groups -OCH3 is 1. The fourth-order valence-corrected chi connectivity index (χ4v) is 2.59. The second-order valence-electron chi connectivity index (χ2n) is 5.28. The van der Waals surface area contributed by atoms with Crippen molar-refractivity contribution in [3.63, 3.8) is 0 Å². The first-order valence-corrected chi connectivity index (χ1v) is 7.60. The molecule has 1 fully saturated rings. The summed E-state index contributed by atoms with van der Waals surface area (Å²) in [6.07, 6.45) is 2.50. The van der Waals surface area contributed by atoms with E-state index >= 15 is 0 Å². The standard InChI is InChI=1S/C16H26N2O3/c1-3-20-16(12-8-9-12)15(18-17)13-6-4-5-7-14(13)21-11-10-19-2/h4-7,12,15-16,18H,3,8-11,17H2,1-2H3. The summed E-state index contributed by atoms with van der Waals surface area (Å²) in [6, 6.07) is 7.91. The molecule has 1 aliphatic carbocycles. The van der Waals surface area contributed by atoms with Crippen molar-refractivity contribution < 1.29 is 14.2 Å². The molecule has 2 rings (SSSR count). The van der Waals surface area contributed by atoms with Gasteiger partial charge in [-0.15, -0.1) is 0 Å². The van der Waals surface area contributed by atoms with Gasteiger partial charge in [0.25, 0.3) is 0 Å². The first-order chi connectivity index (χ1) is 10.3. The molecule has 1 aromatic rings. The average Bonchev–Trinajstić information content (AvgIpc) is 3.33. The van der Waals surface area contributed by atoms with Crippen LogP contribution in [0.3, 0.4) is 0 Å². The van der Waals surface area contributed by atoms with Crippen molar-refractivity contribution in [3.8, 4) is 5.75 Å². The van der Waals surface area contributed by atoms with E-state index in [2.05, 4.69) is 5.43 Å². The Morgan fingerprint density at radius 1 is 1.29 bits per heavy atom. The van der Waals surface area contributed by atoms with E-state index in [9.17, 15) is 0 Å². The van der Waals surface area contributed by atoms with Crippen LogP contribution in [0.15, 0.2) is 24.3 Å². The largest absolute Gasteiger partial charge is 0.491 e. The molecule has 0 aliphatic heterocycles. The van der Waals surface area contributed by atoms with Crippen molar-refractivity contribution in [2.24, 2.45) is 11.8 Å². The molecule has 0 saturated heterocycles. The van der Waals surface area contributed by atoms with Crippen molar-refractivity contribution in [1.82, 2.24) is 5.43 Å². The van der Waals surface area contributed by atoms with E-state index < -0.39 is 0 Å². The molecule has 0 aromatic heterocycles. The molecule has 3 N–H and O–H groups in total. The van der Waals surface area contributed by atoms with Gasteiger partial charge in [-0.05, 0) is 31.7 Å². The third-order valence-electron chi connectivity index (χ3n) is 3.75. The summed E-state index contributed by atoms with van der Waals surface area (Å²) in [4.78, 5) is 0. The van der Waals surface area contributed by atoms with Crippen LogP contribution in [0.5, 0.6) is 5.75 Å². The zero-order chi connectivity index (χ0) is 15.1. The monoisotopic (exact) mass is 294 g/mol. The minimum absolute atomic E-state index is 0.0591. The Bertz CT molecular complexity index is 424. The lowest BCUT2D eigenvalue weighted by Crippen LogP contribution is -2.39. The summed E-state index contributed by atoms with van der Waals surface area (Å²) in [5.41, 5.74) is 3.96. The third-order valence-corrected chi connectivity index (χ3v) is 3.75. The van der Waals surface area contributed by atoms with E-state index in [0.29, 0.717) is 25.7 Å². The Kier molecular flexibility index (Phi) is 6.45. The maximum absolute atomic E-state index is 5.93. The number of ether oxygens (including phenoxy) is 3.